The molecule has 0 amide bonds. The first-order chi connectivity index (χ1) is 5.95. The molecular formula is C11H15BO. The minimum atomic E-state index is 0.158. The minimum absolute atomic E-state index is 0.158. The Bertz CT molecular complexity index is 323. The van der Waals surface area contributed by atoms with Gasteiger partial charge in [0, 0.05) is 5.56 Å². The van der Waals surface area contributed by atoms with Crippen LogP contribution in [0.15, 0.2) is 18.2 Å². The van der Waals surface area contributed by atoms with E-state index in [1.54, 1.807) is 0 Å². The van der Waals surface area contributed by atoms with Gasteiger partial charge in [0.1, 0.15) is 14.1 Å². The second-order valence-corrected chi connectivity index (χ2v) is 4.44. The summed E-state index contributed by atoms with van der Waals surface area (Å²) in [6, 6.07) is 5.85. The molecule has 0 spiro atoms. The molecule has 0 fully saturated rings. The molecule has 13 heavy (non-hydrogen) atoms. The van der Waals surface area contributed by atoms with E-state index >= 15 is 0 Å². The van der Waals surface area contributed by atoms with E-state index in [4.69, 9.17) is 0 Å². The van der Waals surface area contributed by atoms with Crippen LogP contribution < -0.4 is 5.46 Å². The fourth-order valence-electron chi connectivity index (χ4n) is 1.60. The molecule has 0 atom stereocenters. The molecule has 0 saturated heterocycles. The molecule has 1 aromatic rings. The van der Waals surface area contributed by atoms with Crippen molar-refractivity contribution in [3.63, 3.8) is 0 Å². The molecule has 2 heteroatoms. The zero-order valence-corrected chi connectivity index (χ0v) is 8.72. The van der Waals surface area contributed by atoms with Gasteiger partial charge in [0.15, 0.2) is 0 Å². The van der Waals surface area contributed by atoms with E-state index < -0.39 is 0 Å². The summed E-state index contributed by atoms with van der Waals surface area (Å²) in [6.07, 6.45) is 0.888. The Morgan fingerprint density at radius 1 is 1.31 bits per heavy atom. The van der Waals surface area contributed by atoms with Gasteiger partial charge in [0.05, 0.1) is 0 Å². The number of hydrogen-bond donors (Lipinski definition) is 0. The van der Waals surface area contributed by atoms with Gasteiger partial charge >= 0.3 is 0 Å². The van der Waals surface area contributed by atoms with Crippen molar-refractivity contribution in [2.24, 2.45) is 0 Å². The van der Waals surface area contributed by atoms with Crippen molar-refractivity contribution < 1.29 is 4.79 Å². The van der Waals surface area contributed by atoms with E-state index in [0.29, 0.717) is 0 Å². The van der Waals surface area contributed by atoms with E-state index in [1.807, 2.05) is 26.0 Å². The molecule has 0 aromatic heterocycles. The van der Waals surface area contributed by atoms with Crippen molar-refractivity contribution >= 4 is 19.6 Å². The highest BCUT2D eigenvalue weighted by molar-refractivity contribution is 6.33. The van der Waals surface area contributed by atoms with Crippen LogP contribution in [0.2, 0.25) is 0 Å². The fraction of sp³-hybridized carbons (Fsp3) is 0.364. The first kappa shape index (κ1) is 10.0. The van der Waals surface area contributed by atoms with Gasteiger partial charge in [-0.15, -0.1) is 0 Å². The van der Waals surface area contributed by atoms with Crippen LogP contribution in [0.3, 0.4) is 0 Å². The summed E-state index contributed by atoms with van der Waals surface area (Å²) in [4.78, 5) is 10.5. The van der Waals surface area contributed by atoms with Gasteiger partial charge in [0.25, 0.3) is 0 Å². The topological polar surface area (TPSA) is 17.1 Å². The molecule has 0 heterocycles. The first-order valence-corrected chi connectivity index (χ1v) is 4.51. The third-order valence-electron chi connectivity index (χ3n) is 2.19. The lowest BCUT2D eigenvalue weighted by atomic mass is 9.77. The molecule has 0 aliphatic heterocycles. The maximum atomic E-state index is 10.5. The Labute approximate surface area is 80.6 Å². The molecule has 0 radical (unpaired) electrons. The average Bonchev–Trinajstić information content (AvgIpc) is 2.01. The minimum Gasteiger partial charge on any atom is -0.298 e. The van der Waals surface area contributed by atoms with E-state index in [9.17, 15) is 4.79 Å². The lowest BCUT2D eigenvalue weighted by Crippen LogP contribution is -2.23. The Hall–Kier alpha value is -1.05. The summed E-state index contributed by atoms with van der Waals surface area (Å²) in [7, 11) is 2.05. The van der Waals surface area contributed by atoms with Crippen molar-refractivity contribution in [2.75, 3.05) is 0 Å². The van der Waals surface area contributed by atoms with Crippen molar-refractivity contribution in [2.45, 2.75) is 26.2 Å². The second-order valence-electron chi connectivity index (χ2n) is 4.44. The molecule has 1 aromatic carbocycles. The van der Waals surface area contributed by atoms with Crippen LogP contribution in [0.5, 0.6) is 0 Å². The molecule has 0 saturated carbocycles. The van der Waals surface area contributed by atoms with Crippen LogP contribution in [0.25, 0.3) is 0 Å². The molecule has 0 N–H and O–H groups in total. The van der Waals surface area contributed by atoms with Gasteiger partial charge in [-0.25, -0.2) is 0 Å². The number of carbonyl (C=O) groups excluding carboxylic acids is 1. The maximum absolute atomic E-state index is 10.5. The lowest BCUT2D eigenvalue weighted by Gasteiger charge is -2.21. The Balaban J connectivity index is 3.20. The van der Waals surface area contributed by atoms with Crippen molar-refractivity contribution in [1.82, 2.24) is 0 Å². The molecule has 1 rings (SSSR count). The summed E-state index contributed by atoms with van der Waals surface area (Å²) in [5.41, 5.74) is 3.41. The number of hydrogen-bond acceptors (Lipinski definition) is 1. The molecule has 0 aliphatic carbocycles. The predicted octanol–water partition coefficient (Wildman–Crippen LogP) is 1.06. The molecule has 0 bridgehead atoms. The van der Waals surface area contributed by atoms with Crippen LogP contribution in [0.4, 0.5) is 0 Å². The zero-order valence-electron chi connectivity index (χ0n) is 8.72. The van der Waals surface area contributed by atoms with Crippen LogP contribution in [0, 0.1) is 0 Å². The molecule has 0 aliphatic rings. The largest absolute Gasteiger partial charge is 0.298 e. The SMILES string of the molecule is Bc1cc(C=O)ccc1C(C)(C)C. The third-order valence-corrected chi connectivity index (χ3v) is 2.19. The first-order valence-electron chi connectivity index (χ1n) is 4.51. The number of aldehydes is 1. The van der Waals surface area contributed by atoms with Gasteiger partial charge in [-0.1, -0.05) is 44.4 Å². The summed E-state index contributed by atoms with van der Waals surface area (Å²) in [5, 5.41) is 0. The normalized spacial score (nSPS) is 11.3. The fourth-order valence-corrected chi connectivity index (χ4v) is 1.60. The summed E-state index contributed by atoms with van der Waals surface area (Å²) in [6.45, 7) is 6.53. The van der Waals surface area contributed by atoms with Crippen LogP contribution in [0.1, 0.15) is 36.7 Å². The zero-order chi connectivity index (χ0) is 10.1. The Kier molecular flexibility index (Phi) is 2.60. The quantitative estimate of drug-likeness (QED) is 0.459. The van der Waals surface area contributed by atoms with Gasteiger partial charge in [0.2, 0.25) is 0 Å². The molecule has 0 unspecified atom stereocenters. The van der Waals surface area contributed by atoms with Gasteiger partial charge in [-0.05, 0) is 11.0 Å². The number of carbonyl (C=O) groups is 1. The summed E-state index contributed by atoms with van der Waals surface area (Å²) < 4.78 is 0. The smallest absolute Gasteiger partial charge is 0.150 e. The standard InChI is InChI=1S/C11H15BO/c1-11(2,3)9-5-4-8(7-13)6-10(9)12/h4-7H,12H2,1-3H3. The van der Waals surface area contributed by atoms with Crippen LogP contribution in [-0.4, -0.2) is 14.1 Å². The molecular weight excluding hydrogens is 159 g/mol. The summed E-state index contributed by atoms with van der Waals surface area (Å²) >= 11 is 0. The van der Waals surface area contributed by atoms with E-state index in [2.05, 4.69) is 20.8 Å². The highest BCUT2D eigenvalue weighted by atomic mass is 16.1. The predicted molar refractivity (Wildman–Crippen MR) is 58.7 cm³/mol. The van der Waals surface area contributed by atoms with Crippen LogP contribution in [-0.2, 0) is 5.41 Å². The number of rotatable bonds is 1. The summed E-state index contributed by atoms with van der Waals surface area (Å²) in [5.74, 6) is 0. The molecule has 1 nitrogen and oxygen atoms in total. The maximum Gasteiger partial charge on any atom is 0.150 e. The van der Waals surface area contributed by atoms with Crippen molar-refractivity contribution in [3.8, 4) is 0 Å². The van der Waals surface area contributed by atoms with E-state index in [0.717, 1.165) is 11.8 Å². The highest BCUT2D eigenvalue weighted by Gasteiger charge is 2.15. The van der Waals surface area contributed by atoms with E-state index in [1.165, 1.54) is 11.0 Å². The van der Waals surface area contributed by atoms with Crippen LogP contribution >= 0.6 is 0 Å². The highest BCUT2D eigenvalue weighted by Crippen LogP contribution is 2.19. The van der Waals surface area contributed by atoms with Crippen molar-refractivity contribution in [1.29, 1.82) is 0 Å². The Morgan fingerprint density at radius 3 is 2.31 bits per heavy atom. The average molecular weight is 174 g/mol. The van der Waals surface area contributed by atoms with Gasteiger partial charge in [-0.2, -0.15) is 0 Å². The van der Waals surface area contributed by atoms with Gasteiger partial charge in [-0.3, -0.25) is 4.79 Å². The molecule has 68 valence electrons. The second kappa shape index (κ2) is 3.37. The van der Waals surface area contributed by atoms with Crippen molar-refractivity contribution in [3.05, 3.63) is 29.3 Å². The lowest BCUT2D eigenvalue weighted by molar-refractivity contribution is 0.112. The van der Waals surface area contributed by atoms with E-state index in [-0.39, 0.29) is 5.41 Å². The monoisotopic (exact) mass is 174 g/mol. The van der Waals surface area contributed by atoms with Gasteiger partial charge < -0.3 is 0 Å². The number of benzene rings is 1. The third kappa shape index (κ3) is 2.21. The Morgan fingerprint density at radius 2 is 1.92 bits per heavy atom.